The molecule has 0 spiro atoms. The Hall–Kier alpha value is -1.15. The van der Waals surface area contributed by atoms with Crippen LogP contribution < -0.4 is 11.2 Å². The molecule has 18 heavy (non-hydrogen) atoms. The van der Waals surface area contributed by atoms with Crippen molar-refractivity contribution in [2.24, 2.45) is 0 Å². The van der Waals surface area contributed by atoms with Gasteiger partial charge in [-0.15, -0.1) is 0 Å². The topological polar surface area (TPSA) is 105 Å². The number of hydrogen-bond donors (Lipinski definition) is 3. The minimum absolute atomic E-state index is 0.0643. The Bertz CT molecular complexity index is 564. The highest BCUT2D eigenvalue weighted by atomic mass is 35.5. The first-order valence-corrected chi connectivity index (χ1v) is 5.72. The third kappa shape index (κ3) is 2.22. The van der Waals surface area contributed by atoms with E-state index >= 15 is 0 Å². The lowest BCUT2D eigenvalue weighted by atomic mass is 10.2. The molecule has 0 aliphatic carbocycles. The largest absolute Gasteiger partial charge is 0.394 e. The summed E-state index contributed by atoms with van der Waals surface area (Å²) >= 11 is 5.79. The van der Waals surface area contributed by atoms with Crippen LogP contribution >= 0.6 is 11.6 Å². The third-order valence-electron chi connectivity index (χ3n) is 2.90. The Morgan fingerprint density at radius 2 is 2.33 bits per heavy atom. The molecular formula is C10H13ClN2O5. The van der Waals surface area contributed by atoms with Gasteiger partial charge in [-0.05, 0) is 6.92 Å². The number of rotatable bonds is 2. The quantitative estimate of drug-likeness (QED) is 0.604. The van der Waals surface area contributed by atoms with Crippen LogP contribution in [0.5, 0.6) is 0 Å². The fourth-order valence-electron chi connectivity index (χ4n) is 1.87. The number of hydrogen-bond acceptors (Lipinski definition) is 5. The fraction of sp³-hybridized carbons (Fsp3) is 0.600. The van der Waals surface area contributed by atoms with Gasteiger partial charge >= 0.3 is 5.69 Å². The van der Waals surface area contributed by atoms with E-state index < -0.39 is 35.2 Å². The van der Waals surface area contributed by atoms with Crippen molar-refractivity contribution >= 4 is 11.6 Å². The van der Waals surface area contributed by atoms with Crippen LogP contribution in [0.3, 0.4) is 0 Å². The SMILES string of the molecule is Cc1cn([C@H]2C[C@@](O)(Cl)[C@@H](CO)O2)c(=O)[nH]c1=O. The molecule has 3 atom stereocenters. The molecule has 2 rings (SSSR count). The summed E-state index contributed by atoms with van der Waals surface area (Å²) in [6.07, 6.45) is -0.542. The van der Waals surface area contributed by atoms with Gasteiger partial charge in [-0.25, -0.2) is 4.79 Å². The van der Waals surface area contributed by atoms with Crippen LogP contribution in [0.15, 0.2) is 15.8 Å². The molecular weight excluding hydrogens is 264 g/mol. The smallest absolute Gasteiger partial charge is 0.330 e. The minimum atomic E-state index is -1.73. The predicted molar refractivity (Wildman–Crippen MR) is 62.5 cm³/mol. The van der Waals surface area contributed by atoms with E-state index in [9.17, 15) is 14.7 Å². The van der Waals surface area contributed by atoms with Crippen LogP contribution in [0.2, 0.25) is 0 Å². The molecule has 1 aromatic rings. The van der Waals surface area contributed by atoms with Crippen molar-refractivity contribution in [2.45, 2.75) is 30.7 Å². The molecule has 1 aliphatic heterocycles. The van der Waals surface area contributed by atoms with Crippen molar-refractivity contribution in [3.63, 3.8) is 0 Å². The number of H-pyrrole nitrogens is 1. The summed E-state index contributed by atoms with van der Waals surface area (Å²) in [5.41, 5.74) is -0.792. The molecule has 0 unspecified atom stereocenters. The van der Waals surface area contributed by atoms with Gasteiger partial charge in [0, 0.05) is 18.2 Å². The van der Waals surface area contributed by atoms with Crippen LogP contribution in [0, 0.1) is 6.92 Å². The Labute approximate surface area is 107 Å². The van der Waals surface area contributed by atoms with Gasteiger partial charge < -0.3 is 14.9 Å². The summed E-state index contributed by atoms with van der Waals surface area (Å²) in [7, 11) is 0. The van der Waals surface area contributed by atoms with E-state index in [-0.39, 0.29) is 6.42 Å². The van der Waals surface area contributed by atoms with Crippen LogP contribution in [0.25, 0.3) is 0 Å². The Balaban J connectivity index is 2.38. The molecule has 1 saturated heterocycles. The van der Waals surface area contributed by atoms with Gasteiger partial charge in [0.05, 0.1) is 6.61 Å². The number of aromatic nitrogens is 2. The monoisotopic (exact) mass is 276 g/mol. The van der Waals surface area contributed by atoms with E-state index in [1.165, 1.54) is 6.20 Å². The molecule has 3 N–H and O–H groups in total. The van der Waals surface area contributed by atoms with Crippen molar-refractivity contribution in [3.8, 4) is 0 Å². The van der Waals surface area contributed by atoms with E-state index in [2.05, 4.69) is 4.98 Å². The van der Waals surface area contributed by atoms with Crippen LogP contribution in [-0.2, 0) is 4.74 Å². The van der Waals surface area contributed by atoms with Gasteiger partial charge in [0.25, 0.3) is 5.56 Å². The van der Waals surface area contributed by atoms with Crippen LogP contribution in [-0.4, -0.2) is 37.5 Å². The second-order valence-electron chi connectivity index (χ2n) is 4.26. The summed E-state index contributed by atoms with van der Waals surface area (Å²) in [4.78, 5) is 25.0. The summed E-state index contributed by atoms with van der Waals surface area (Å²) < 4.78 is 6.44. The van der Waals surface area contributed by atoms with Gasteiger partial charge in [0.1, 0.15) is 12.3 Å². The first-order valence-electron chi connectivity index (χ1n) is 5.35. The van der Waals surface area contributed by atoms with Crippen LogP contribution in [0.4, 0.5) is 0 Å². The van der Waals surface area contributed by atoms with Gasteiger partial charge in [0.15, 0.2) is 5.06 Å². The average Bonchev–Trinajstić information content (AvgIpc) is 2.58. The van der Waals surface area contributed by atoms with Gasteiger partial charge in [-0.1, -0.05) is 11.6 Å². The van der Waals surface area contributed by atoms with Crippen molar-refractivity contribution < 1.29 is 14.9 Å². The maximum absolute atomic E-state index is 11.6. The van der Waals surface area contributed by atoms with E-state index in [0.717, 1.165) is 4.57 Å². The highest BCUT2D eigenvalue weighted by molar-refractivity contribution is 6.23. The van der Waals surface area contributed by atoms with E-state index in [1.54, 1.807) is 6.92 Å². The van der Waals surface area contributed by atoms with Crippen molar-refractivity contribution in [1.82, 2.24) is 9.55 Å². The van der Waals surface area contributed by atoms with E-state index in [4.69, 9.17) is 21.4 Å². The molecule has 0 saturated carbocycles. The molecule has 2 heterocycles. The second kappa shape index (κ2) is 4.51. The number of aliphatic hydroxyl groups is 2. The molecule has 7 nitrogen and oxygen atoms in total. The zero-order valence-electron chi connectivity index (χ0n) is 9.59. The number of nitrogens with one attached hydrogen (secondary N) is 1. The normalized spacial score (nSPS) is 31.8. The summed E-state index contributed by atoms with van der Waals surface area (Å²) in [6.45, 7) is 1.08. The zero-order chi connectivity index (χ0) is 13.5. The number of ether oxygens (including phenoxy) is 1. The second-order valence-corrected chi connectivity index (χ2v) is 4.92. The first kappa shape index (κ1) is 13.3. The van der Waals surface area contributed by atoms with Crippen molar-refractivity contribution in [2.75, 3.05) is 6.61 Å². The summed E-state index contributed by atoms with van der Waals surface area (Å²) in [5.74, 6) is 0. The Morgan fingerprint density at radius 3 is 2.89 bits per heavy atom. The maximum atomic E-state index is 11.6. The molecule has 0 radical (unpaired) electrons. The lowest BCUT2D eigenvalue weighted by Crippen LogP contribution is -2.34. The molecule has 0 bridgehead atoms. The van der Waals surface area contributed by atoms with Gasteiger partial charge in [-0.2, -0.15) is 0 Å². The lowest BCUT2D eigenvalue weighted by molar-refractivity contribution is -0.0556. The van der Waals surface area contributed by atoms with E-state index in [1.807, 2.05) is 0 Å². The van der Waals surface area contributed by atoms with Gasteiger partial charge in [-0.3, -0.25) is 14.3 Å². The molecule has 1 aromatic heterocycles. The summed E-state index contributed by atoms with van der Waals surface area (Å²) in [6, 6.07) is 0. The first-order chi connectivity index (χ1) is 8.35. The highest BCUT2D eigenvalue weighted by Crippen LogP contribution is 2.38. The molecule has 1 fully saturated rings. The predicted octanol–water partition coefficient (Wildman–Crippen LogP) is -0.948. The maximum Gasteiger partial charge on any atom is 0.330 e. The molecule has 100 valence electrons. The molecule has 1 aliphatic rings. The summed E-state index contributed by atoms with van der Waals surface area (Å²) in [5, 5.41) is 17.1. The Kier molecular flexibility index (Phi) is 3.33. The third-order valence-corrected chi connectivity index (χ3v) is 3.30. The standard InChI is InChI=1S/C10H13ClN2O5/c1-5-3-13(9(16)12-8(5)15)7-2-10(11,17)6(4-14)18-7/h3,6-7,14,17H,2,4H2,1H3,(H,12,15,16)/t6-,7-,10+/m1/s1. The number of alkyl halides is 1. The molecule has 0 aromatic carbocycles. The number of aliphatic hydroxyl groups excluding tert-OH is 1. The average molecular weight is 277 g/mol. The van der Waals surface area contributed by atoms with E-state index in [0.29, 0.717) is 5.56 Å². The lowest BCUT2D eigenvalue weighted by Gasteiger charge is -2.17. The zero-order valence-corrected chi connectivity index (χ0v) is 10.3. The minimum Gasteiger partial charge on any atom is -0.394 e. The fourth-order valence-corrected chi connectivity index (χ4v) is 2.12. The van der Waals surface area contributed by atoms with Crippen LogP contribution in [0.1, 0.15) is 18.2 Å². The number of aryl methyl sites for hydroxylation is 1. The molecule has 0 amide bonds. The Morgan fingerprint density at radius 1 is 1.67 bits per heavy atom. The van der Waals surface area contributed by atoms with Crippen molar-refractivity contribution in [1.29, 1.82) is 0 Å². The van der Waals surface area contributed by atoms with Gasteiger partial charge in [0.2, 0.25) is 0 Å². The number of nitrogens with zero attached hydrogens (tertiary/aromatic N) is 1. The van der Waals surface area contributed by atoms with Crippen molar-refractivity contribution in [3.05, 3.63) is 32.6 Å². The molecule has 8 heteroatoms. The number of aromatic amines is 1. The number of halogens is 1. The highest BCUT2D eigenvalue weighted by Gasteiger charge is 2.46.